The summed E-state index contributed by atoms with van der Waals surface area (Å²) in [5, 5.41) is 3.24. The highest BCUT2D eigenvalue weighted by Gasteiger charge is 2.39. The van der Waals surface area contributed by atoms with Crippen LogP contribution in [0.25, 0.3) is 0 Å². The molecule has 1 aromatic rings. The maximum absolute atomic E-state index is 6.28. The minimum atomic E-state index is 0.184. The lowest BCUT2D eigenvalue weighted by Gasteiger charge is -2.42. The van der Waals surface area contributed by atoms with E-state index in [1.165, 1.54) is 50.3 Å². The van der Waals surface area contributed by atoms with Crippen molar-refractivity contribution in [3.63, 3.8) is 0 Å². The van der Waals surface area contributed by atoms with Crippen molar-refractivity contribution in [2.45, 2.75) is 45.1 Å². The molecule has 0 radical (unpaired) electrons. The number of nitrogens with two attached hydrogens (primary N) is 1. The first-order valence-electron chi connectivity index (χ1n) is 10.5. The van der Waals surface area contributed by atoms with E-state index in [1.807, 2.05) is 32.0 Å². The highest BCUT2D eigenvalue weighted by molar-refractivity contribution is 7.99. The van der Waals surface area contributed by atoms with Crippen LogP contribution in [0.1, 0.15) is 39.5 Å². The normalized spacial score (nSPS) is 20.1. The fraction of sp³-hybridized carbons (Fsp3) is 0.667. The summed E-state index contributed by atoms with van der Waals surface area (Å²) in [6, 6.07) is 5.74. The van der Waals surface area contributed by atoms with Gasteiger partial charge in [0.15, 0.2) is 5.96 Å². The number of nitrogens with one attached hydrogen (secondary N) is 1. The van der Waals surface area contributed by atoms with Gasteiger partial charge >= 0.3 is 0 Å². The second-order valence-electron chi connectivity index (χ2n) is 7.38. The molecule has 0 aromatic heterocycles. The molecule has 0 spiro atoms. The molecule has 0 amide bonds. The van der Waals surface area contributed by atoms with Crippen molar-refractivity contribution in [2.75, 3.05) is 49.7 Å². The van der Waals surface area contributed by atoms with Gasteiger partial charge in [0.05, 0.1) is 25.4 Å². The van der Waals surface area contributed by atoms with Gasteiger partial charge in [0, 0.05) is 36.2 Å². The molecule has 156 valence electrons. The van der Waals surface area contributed by atoms with Crippen molar-refractivity contribution in [3.05, 3.63) is 18.2 Å². The van der Waals surface area contributed by atoms with Gasteiger partial charge in [-0.3, -0.25) is 9.89 Å². The maximum Gasteiger partial charge on any atom is 0.193 e. The van der Waals surface area contributed by atoms with E-state index in [9.17, 15) is 0 Å². The Morgan fingerprint density at radius 2 is 1.89 bits per heavy atom. The molecule has 7 heteroatoms. The van der Waals surface area contributed by atoms with Gasteiger partial charge in [0.1, 0.15) is 11.5 Å². The van der Waals surface area contributed by atoms with Crippen LogP contribution in [0.3, 0.4) is 0 Å². The quantitative estimate of drug-likeness (QED) is 0.508. The molecule has 1 saturated carbocycles. The molecule has 1 heterocycles. The Kier molecular flexibility index (Phi) is 7.73. The van der Waals surface area contributed by atoms with Crippen LogP contribution in [-0.2, 0) is 0 Å². The second kappa shape index (κ2) is 10.3. The van der Waals surface area contributed by atoms with Gasteiger partial charge in [0.25, 0.3) is 0 Å². The predicted octanol–water partition coefficient (Wildman–Crippen LogP) is 3.57. The van der Waals surface area contributed by atoms with Gasteiger partial charge < -0.3 is 20.5 Å². The molecule has 1 aliphatic heterocycles. The van der Waals surface area contributed by atoms with Crippen LogP contribution in [0.5, 0.6) is 11.5 Å². The van der Waals surface area contributed by atoms with E-state index in [-0.39, 0.29) is 5.54 Å². The Morgan fingerprint density at radius 1 is 1.18 bits per heavy atom. The van der Waals surface area contributed by atoms with Crippen LogP contribution in [0.4, 0.5) is 5.69 Å². The lowest BCUT2D eigenvalue weighted by molar-refractivity contribution is 0.112. The summed E-state index contributed by atoms with van der Waals surface area (Å²) >= 11 is 2.05. The van der Waals surface area contributed by atoms with Gasteiger partial charge in [-0.1, -0.05) is 12.8 Å². The molecule has 3 N–H and O–H groups in total. The maximum atomic E-state index is 6.28. The van der Waals surface area contributed by atoms with Crippen molar-refractivity contribution < 1.29 is 9.47 Å². The Morgan fingerprint density at radius 3 is 2.57 bits per heavy atom. The zero-order valence-electron chi connectivity index (χ0n) is 17.2. The zero-order valence-corrected chi connectivity index (χ0v) is 18.0. The van der Waals surface area contributed by atoms with Crippen LogP contribution in [-0.4, -0.2) is 60.8 Å². The first-order chi connectivity index (χ1) is 13.7. The lowest BCUT2D eigenvalue weighted by atomic mass is 9.95. The highest BCUT2D eigenvalue weighted by atomic mass is 32.2. The summed E-state index contributed by atoms with van der Waals surface area (Å²) < 4.78 is 11.3. The van der Waals surface area contributed by atoms with E-state index >= 15 is 0 Å². The molecule has 1 aromatic carbocycles. The second-order valence-corrected chi connectivity index (χ2v) is 8.61. The molecule has 6 nitrogen and oxygen atoms in total. The first kappa shape index (κ1) is 21.1. The summed E-state index contributed by atoms with van der Waals surface area (Å²) in [6.07, 6.45) is 5.02. The van der Waals surface area contributed by atoms with Crippen LogP contribution in [0, 0.1) is 0 Å². The van der Waals surface area contributed by atoms with Gasteiger partial charge in [-0.15, -0.1) is 0 Å². The molecule has 0 atom stereocenters. The van der Waals surface area contributed by atoms with E-state index in [2.05, 4.69) is 22.0 Å². The number of hydrogen-bond donors (Lipinski definition) is 2. The number of ether oxygens (including phenoxy) is 2. The number of rotatable bonds is 8. The third-order valence-electron chi connectivity index (χ3n) is 5.58. The van der Waals surface area contributed by atoms with Crippen molar-refractivity contribution in [3.8, 4) is 11.5 Å². The Hall–Kier alpha value is -1.60. The molecule has 2 fully saturated rings. The molecule has 2 aliphatic rings. The minimum absolute atomic E-state index is 0.184. The SMILES string of the molecule is CCOc1ccc(OCC)c(NC(N)=NCC2(N3CCSCC3)CCCC2)c1. The molecule has 0 unspecified atom stereocenters. The Bertz CT molecular complexity index is 656. The number of nitrogens with zero attached hydrogens (tertiary/aromatic N) is 2. The fourth-order valence-electron chi connectivity index (χ4n) is 4.20. The van der Waals surface area contributed by atoms with Crippen LogP contribution in [0.15, 0.2) is 23.2 Å². The van der Waals surface area contributed by atoms with E-state index in [1.54, 1.807) is 0 Å². The number of hydrogen-bond acceptors (Lipinski definition) is 5. The lowest BCUT2D eigenvalue weighted by Crippen LogP contribution is -2.52. The predicted molar refractivity (Wildman–Crippen MR) is 119 cm³/mol. The first-order valence-corrected chi connectivity index (χ1v) is 11.6. The van der Waals surface area contributed by atoms with E-state index in [4.69, 9.17) is 20.2 Å². The number of benzene rings is 1. The molecule has 1 saturated heterocycles. The zero-order chi connectivity index (χ0) is 19.8. The summed E-state index contributed by atoms with van der Waals surface area (Å²) in [4.78, 5) is 7.43. The average molecular weight is 407 g/mol. The van der Waals surface area contributed by atoms with E-state index < -0.39 is 0 Å². The molecule has 28 heavy (non-hydrogen) atoms. The monoisotopic (exact) mass is 406 g/mol. The van der Waals surface area contributed by atoms with Crippen molar-refractivity contribution in [1.82, 2.24) is 4.90 Å². The summed E-state index contributed by atoms with van der Waals surface area (Å²) in [7, 11) is 0. The number of guanidine groups is 1. The highest BCUT2D eigenvalue weighted by Crippen LogP contribution is 2.37. The summed E-state index contributed by atoms with van der Waals surface area (Å²) in [5.74, 6) is 4.43. The van der Waals surface area contributed by atoms with Crippen LogP contribution >= 0.6 is 11.8 Å². The smallest absolute Gasteiger partial charge is 0.193 e. The molecule has 0 bridgehead atoms. The summed E-state index contributed by atoms with van der Waals surface area (Å²) in [5.41, 5.74) is 7.26. The van der Waals surface area contributed by atoms with Crippen LogP contribution < -0.4 is 20.5 Å². The minimum Gasteiger partial charge on any atom is -0.494 e. The van der Waals surface area contributed by atoms with E-state index in [0.717, 1.165) is 23.7 Å². The molecular formula is C21H34N4O2S. The standard InChI is InChI=1S/C21H34N4O2S/c1-3-26-17-7-8-19(27-4-2)18(15-17)24-20(22)23-16-21(9-5-6-10-21)25-11-13-28-14-12-25/h7-8,15H,3-6,9-14,16H2,1-2H3,(H3,22,23,24). The van der Waals surface area contributed by atoms with Gasteiger partial charge in [0.2, 0.25) is 0 Å². The Labute approximate surface area is 173 Å². The third kappa shape index (κ3) is 5.26. The van der Waals surface area contributed by atoms with Crippen LogP contribution in [0.2, 0.25) is 0 Å². The molecule has 3 rings (SSSR count). The van der Waals surface area contributed by atoms with Gasteiger partial charge in [-0.25, -0.2) is 0 Å². The largest absolute Gasteiger partial charge is 0.494 e. The van der Waals surface area contributed by atoms with E-state index in [0.29, 0.717) is 19.2 Å². The fourth-order valence-corrected chi connectivity index (χ4v) is 5.10. The Balaban J connectivity index is 1.71. The number of anilines is 1. The third-order valence-corrected chi connectivity index (χ3v) is 6.53. The average Bonchev–Trinajstić information content (AvgIpc) is 3.20. The van der Waals surface area contributed by atoms with Crippen molar-refractivity contribution >= 4 is 23.4 Å². The van der Waals surface area contributed by atoms with Gasteiger partial charge in [-0.2, -0.15) is 11.8 Å². The topological polar surface area (TPSA) is 72.1 Å². The molecular weight excluding hydrogens is 372 g/mol. The number of aliphatic imine (C=N–C) groups is 1. The molecule has 1 aliphatic carbocycles. The summed E-state index contributed by atoms with van der Waals surface area (Å²) in [6.45, 7) is 8.24. The van der Waals surface area contributed by atoms with Crippen molar-refractivity contribution in [2.24, 2.45) is 10.7 Å². The van der Waals surface area contributed by atoms with Gasteiger partial charge in [-0.05, 0) is 38.8 Å². The van der Waals surface area contributed by atoms with Crippen molar-refractivity contribution in [1.29, 1.82) is 0 Å². The number of thioether (sulfide) groups is 1.